The van der Waals surface area contributed by atoms with Gasteiger partial charge in [0.05, 0.1) is 7.11 Å². The summed E-state index contributed by atoms with van der Waals surface area (Å²) in [5.41, 5.74) is 2.05. The monoisotopic (exact) mass is 272 g/mol. The number of hydrogen-bond acceptors (Lipinski definition) is 4. The normalized spacial score (nSPS) is 12.4. The predicted molar refractivity (Wildman–Crippen MR) is 78.8 cm³/mol. The van der Waals surface area contributed by atoms with Crippen LogP contribution in [0.25, 0.3) is 0 Å². The molecule has 2 aromatic rings. The van der Waals surface area contributed by atoms with E-state index in [1.54, 1.807) is 25.6 Å². The minimum atomic E-state index is 0.212. The minimum absolute atomic E-state index is 0.212. The molecule has 0 spiro atoms. The fourth-order valence-corrected chi connectivity index (χ4v) is 2.16. The van der Waals surface area contributed by atoms with Gasteiger partial charge in [0.2, 0.25) is 0 Å². The van der Waals surface area contributed by atoms with E-state index in [2.05, 4.69) is 16.8 Å². The molecule has 1 unspecified atom stereocenters. The number of aromatic nitrogens is 1. The largest absolute Gasteiger partial charge is 0.504 e. The number of rotatable bonds is 5. The number of methoxy groups -OCH3 is 1. The highest BCUT2D eigenvalue weighted by Crippen LogP contribution is 2.31. The molecule has 1 N–H and O–H groups in total. The van der Waals surface area contributed by atoms with Crippen LogP contribution in [0, 0.1) is 0 Å². The van der Waals surface area contributed by atoms with E-state index < -0.39 is 0 Å². The smallest absolute Gasteiger partial charge is 0.162 e. The first-order valence-electron chi connectivity index (χ1n) is 6.58. The van der Waals surface area contributed by atoms with Gasteiger partial charge in [-0.05, 0) is 37.7 Å². The zero-order chi connectivity index (χ0) is 14.5. The Morgan fingerprint density at radius 3 is 2.60 bits per heavy atom. The van der Waals surface area contributed by atoms with Gasteiger partial charge in [0.1, 0.15) is 0 Å². The summed E-state index contributed by atoms with van der Waals surface area (Å²) in [7, 11) is 3.59. The van der Waals surface area contributed by atoms with Crippen molar-refractivity contribution in [1.29, 1.82) is 0 Å². The molecule has 1 heterocycles. The predicted octanol–water partition coefficient (Wildman–Crippen LogP) is 2.99. The lowest BCUT2D eigenvalue weighted by atomic mass is 10.1. The number of benzene rings is 1. The maximum atomic E-state index is 10.1. The molecule has 0 amide bonds. The van der Waals surface area contributed by atoms with Crippen LogP contribution in [0.5, 0.6) is 11.5 Å². The molecule has 4 nitrogen and oxygen atoms in total. The van der Waals surface area contributed by atoms with Crippen molar-refractivity contribution in [3.05, 3.63) is 53.9 Å². The molecule has 20 heavy (non-hydrogen) atoms. The number of phenols is 1. The Labute approximate surface area is 119 Å². The number of pyridine rings is 1. The summed E-state index contributed by atoms with van der Waals surface area (Å²) < 4.78 is 5.14. The quantitative estimate of drug-likeness (QED) is 0.909. The summed E-state index contributed by atoms with van der Waals surface area (Å²) in [5, 5.41) is 10.1. The number of hydrogen-bond donors (Lipinski definition) is 1. The first kappa shape index (κ1) is 14.3. The summed E-state index contributed by atoms with van der Waals surface area (Å²) in [6, 6.07) is 9.81. The molecule has 0 fully saturated rings. The van der Waals surface area contributed by atoms with Crippen molar-refractivity contribution in [1.82, 2.24) is 9.88 Å². The van der Waals surface area contributed by atoms with Crippen molar-refractivity contribution in [3.63, 3.8) is 0 Å². The van der Waals surface area contributed by atoms with E-state index in [-0.39, 0.29) is 11.8 Å². The Kier molecular flexibility index (Phi) is 4.58. The Bertz CT molecular complexity index is 558. The van der Waals surface area contributed by atoms with E-state index in [0.717, 1.165) is 5.56 Å². The van der Waals surface area contributed by atoms with Gasteiger partial charge in [-0.15, -0.1) is 0 Å². The Morgan fingerprint density at radius 1 is 1.25 bits per heavy atom. The standard InChI is InChI=1S/C16H20N2O2/c1-12(13-7-9-17-10-8-13)18(2)11-14-5-4-6-15(20-3)16(14)19/h4-10,12,19H,11H2,1-3H3. The van der Waals surface area contributed by atoms with Gasteiger partial charge in [-0.2, -0.15) is 0 Å². The molecule has 1 aromatic heterocycles. The third-order valence-corrected chi connectivity index (χ3v) is 3.57. The Morgan fingerprint density at radius 2 is 1.95 bits per heavy atom. The minimum Gasteiger partial charge on any atom is -0.504 e. The number of para-hydroxylation sites is 1. The van der Waals surface area contributed by atoms with E-state index in [1.165, 1.54) is 5.56 Å². The van der Waals surface area contributed by atoms with Gasteiger partial charge in [0, 0.05) is 30.5 Å². The Hall–Kier alpha value is -2.07. The van der Waals surface area contributed by atoms with Gasteiger partial charge in [0.25, 0.3) is 0 Å². The van der Waals surface area contributed by atoms with Crippen molar-refractivity contribution in [2.75, 3.05) is 14.2 Å². The van der Waals surface area contributed by atoms with Crippen LogP contribution in [0.15, 0.2) is 42.7 Å². The number of phenolic OH excluding ortho intramolecular Hbond substituents is 1. The molecule has 0 aliphatic carbocycles. The zero-order valence-electron chi connectivity index (χ0n) is 12.1. The lowest BCUT2D eigenvalue weighted by molar-refractivity contribution is 0.248. The average Bonchev–Trinajstić information content (AvgIpc) is 2.49. The first-order chi connectivity index (χ1) is 9.63. The number of aromatic hydroxyl groups is 1. The van der Waals surface area contributed by atoms with Crippen molar-refractivity contribution < 1.29 is 9.84 Å². The molecular formula is C16H20N2O2. The SMILES string of the molecule is COc1cccc(CN(C)C(C)c2ccncc2)c1O. The maximum absolute atomic E-state index is 10.1. The van der Waals surface area contributed by atoms with Gasteiger partial charge in [-0.3, -0.25) is 9.88 Å². The molecule has 0 radical (unpaired) electrons. The molecule has 0 saturated heterocycles. The molecule has 2 rings (SSSR count). The third kappa shape index (κ3) is 3.08. The van der Waals surface area contributed by atoms with Crippen LogP contribution in [0.1, 0.15) is 24.1 Å². The van der Waals surface area contributed by atoms with E-state index in [0.29, 0.717) is 12.3 Å². The van der Waals surface area contributed by atoms with Gasteiger partial charge >= 0.3 is 0 Å². The van der Waals surface area contributed by atoms with Gasteiger partial charge in [-0.1, -0.05) is 12.1 Å². The second-order valence-corrected chi connectivity index (χ2v) is 4.84. The zero-order valence-corrected chi connectivity index (χ0v) is 12.1. The van der Waals surface area contributed by atoms with Crippen LogP contribution >= 0.6 is 0 Å². The fraction of sp³-hybridized carbons (Fsp3) is 0.312. The highest BCUT2D eigenvalue weighted by Gasteiger charge is 2.15. The van der Waals surface area contributed by atoms with Gasteiger partial charge in [0.15, 0.2) is 11.5 Å². The molecule has 0 aliphatic rings. The van der Waals surface area contributed by atoms with Crippen molar-refractivity contribution in [2.24, 2.45) is 0 Å². The highest BCUT2D eigenvalue weighted by atomic mass is 16.5. The molecule has 0 aliphatic heterocycles. The summed E-state index contributed by atoms with van der Waals surface area (Å²) in [6.07, 6.45) is 3.59. The number of ether oxygens (including phenoxy) is 1. The lowest BCUT2D eigenvalue weighted by Gasteiger charge is -2.25. The molecule has 1 aromatic carbocycles. The fourth-order valence-electron chi connectivity index (χ4n) is 2.16. The number of nitrogens with zero attached hydrogens (tertiary/aromatic N) is 2. The molecule has 0 saturated carbocycles. The summed E-state index contributed by atoms with van der Waals surface area (Å²) in [5.74, 6) is 0.719. The topological polar surface area (TPSA) is 45.6 Å². The second-order valence-electron chi connectivity index (χ2n) is 4.84. The van der Waals surface area contributed by atoms with Crippen molar-refractivity contribution in [3.8, 4) is 11.5 Å². The van der Waals surface area contributed by atoms with Crippen LogP contribution in [-0.2, 0) is 6.54 Å². The van der Waals surface area contributed by atoms with Crippen LogP contribution in [0.2, 0.25) is 0 Å². The van der Waals surface area contributed by atoms with E-state index in [9.17, 15) is 5.11 Å². The molecule has 1 atom stereocenters. The van der Waals surface area contributed by atoms with Crippen LogP contribution in [0.4, 0.5) is 0 Å². The molecule has 0 bridgehead atoms. The first-order valence-corrected chi connectivity index (χ1v) is 6.58. The second kappa shape index (κ2) is 6.39. The molecule has 4 heteroatoms. The van der Waals surface area contributed by atoms with E-state index >= 15 is 0 Å². The summed E-state index contributed by atoms with van der Waals surface area (Å²) >= 11 is 0. The van der Waals surface area contributed by atoms with E-state index in [4.69, 9.17) is 4.74 Å². The summed E-state index contributed by atoms with van der Waals surface area (Å²) in [6.45, 7) is 2.78. The van der Waals surface area contributed by atoms with Gasteiger partial charge < -0.3 is 9.84 Å². The van der Waals surface area contributed by atoms with Crippen molar-refractivity contribution in [2.45, 2.75) is 19.5 Å². The molecule has 106 valence electrons. The summed E-state index contributed by atoms with van der Waals surface area (Å²) in [4.78, 5) is 6.20. The molecular weight excluding hydrogens is 252 g/mol. The van der Waals surface area contributed by atoms with Crippen molar-refractivity contribution >= 4 is 0 Å². The van der Waals surface area contributed by atoms with Crippen LogP contribution in [-0.4, -0.2) is 29.1 Å². The Balaban J connectivity index is 2.14. The third-order valence-electron chi connectivity index (χ3n) is 3.57. The maximum Gasteiger partial charge on any atom is 0.162 e. The average molecular weight is 272 g/mol. The van der Waals surface area contributed by atoms with Gasteiger partial charge in [-0.25, -0.2) is 0 Å². The lowest BCUT2D eigenvalue weighted by Crippen LogP contribution is -2.22. The van der Waals surface area contributed by atoms with Crippen LogP contribution in [0.3, 0.4) is 0 Å². The van der Waals surface area contributed by atoms with Crippen LogP contribution < -0.4 is 4.74 Å². The highest BCUT2D eigenvalue weighted by molar-refractivity contribution is 5.45. The van der Waals surface area contributed by atoms with E-state index in [1.807, 2.05) is 31.3 Å².